The Morgan fingerprint density at radius 3 is 2.32 bits per heavy atom. The number of ether oxygens (including phenoxy) is 2. The van der Waals surface area contributed by atoms with Gasteiger partial charge in [0, 0.05) is 18.7 Å². The lowest BCUT2D eigenvalue weighted by atomic mass is 10.1. The zero-order valence-corrected chi connectivity index (χ0v) is 14.7. The van der Waals surface area contributed by atoms with Gasteiger partial charge in [-0.25, -0.2) is 0 Å². The summed E-state index contributed by atoms with van der Waals surface area (Å²) in [7, 11) is 2.89. The van der Waals surface area contributed by atoms with E-state index in [0.29, 0.717) is 35.2 Å². The van der Waals surface area contributed by atoms with E-state index in [9.17, 15) is 9.59 Å². The van der Waals surface area contributed by atoms with Gasteiger partial charge in [-0.15, -0.1) is 0 Å². The van der Waals surface area contributed by atoms with Crippen LogP contribution in [0.25, 0.3) is 0 Å². The number of hydrogen-bond donors (Lipinski definition) is 2. The molecule has 0 fully saturated rings. The molecular formula is C18H19ClN2O4. The van der Waals surface area contributed by atoms with Crippen LogP contribution in [0.2, 0.25) is 5.02 Å². The van der Waals surface area contributed by atoms with Crippen LogP contribution < -0.4 is 20.1 Å². The number of rotatable bonds is 6. The van der Waals surface area contributed by atoms with Gasteiger partial charge < -0.3 is 20.1 Å². The quantitative estimate of drug-likeness (QED) is 0.774. The van der Waals surface area contributed by atoms with Gasteiger partial charge in [0.15, 0.2) is 0 Å². The van der Waals surface area contributed by atoms with Crippen molar-refractivity contribution >= 4 is 29.1 Å². The fourth-order valence-electron chi connectivity index (χ4n) is 2.18. The molecule has 2 amide bonds. The van der Waals surface area contributed by atoms with Crippen LogP contribution in [0.15, 0.2) is 42.5 Å². The minimum Gasteiger partial charge on any atom is -0.495 e. The molecule has 25 heavy (non-hydrogen) atoms. The van der Waals surface area contributed by atoms with Crippen molar-refractivity contribution in [3.05, 3.63) is 53.1 Å². The number of carbonyl (C=O) groups excluding carboxylic acids is 2. The molecule has 0 atom stereocenters. The SMILES string of the molecule is COc1cc(NC(=O)C(=O)NCCc2ccccc2)c(OC)cc1Cl. The molecule has 0 heterocycles. The summed E-state index contributed by atoms with van der Waals surface area (Å²) in [5.41, 5.74) is 1.37. The molecule has 2 N–H and O–H groups in total. The van der Waals surface area contributed by atoms with Gasteiger partial charge in [0.1, 0.15) is 11.5 Å². The molecule has 2 aromatic rings. The van der Waals surface area contributed by atoms with E-state index >= 15 is 0 Å². The molecule has 132 valence electrons. The third kappa shape index (κ3) is 5.12. The molecule has 0 spiro atoms. The number of carbonyl (C=O) groups is 2. The molecule has 0 aliphatic heterocycles. The van der Waals surface area contributed by atoms with Gasteiger partial charge in [-0.05, 0) is 12.0 Å². The van der Waals surface area contributed by atoms with E-state index in [1.165, 1.54) is 26.4 Å². The van der Waals surface area contributed by atoms with E-state index in [4.69, 9.17) is 21.1 Å². The molecular weight excluding hydrogens is 344 g/mol. The van der Waals surface area contributed by atoms with Gasteiger partial charge in [0.2, 0.25) is 0 Å². The maximum atomic E-state index is 12.1. The van der Waals surface area contributed by atoms with E-state index in [-0.39, 0.29) is 0 Å². The average molecular weight is 363 g/mol. The van der Waals surface area contributed by atoms with Crippen molar-refractivity contribution in [3.8, 4) is 11.5 Å². The summed E-state index contributed by atoms with van der Waals surface area (Å²) in [5.74, 6) is -0.832. The summed E-state index contributed by atoms with van der Waals surface area (Å²) in [6.07, 6.45) is 0.637. The Hall–Kier alpha value is -2.73. The molecule has 0 aliphatic rings. The predicted octanol–water partition coefficient (Wildman–Crippen LogP) is 2.65. The Balaban J connectivity index is 1.95. The molecule has 0 aliphatic carbocycles. The van der Waals surface area contributed by atoms with Crippen molar-refractivity contribution < 1.29 is 19.1 Å². The second-order valence-electron chi connectivity index (χ2n) is 5.13. The molecule has 6 nitrogen and oxygen atoms in total. The second-order valence-corrected chi connectivity index (χ2v) is 5.54. The van der Waals surface area contributed by atoms with Gasteiger partial charge in [0.25, 0.3) is 0 Å². The zero-order chi connectivity index (χ0) is 18.2. The second kappa shape index (κ2) is 8.94. The maximum Gasteiger partial charge on any atom is 0.313 e. The molecule has 2 rings (SSSR count). The normalized spacial score (nSPS) is 10.0. The van der Waals surface area contributed by atoms with Crippen LogP contribution in [0.5, 0.6) is 11.5 Å². The van der Waals surface area contributed by atoms with Crippen LogP contribution in [-0.2, 0) is 16.0 Å². The number of nitrogens with one attached hydrogen (secondary N) is 2. The first kappa shape index (κ1) is 18.6. The number of anilines is 1. The van der Waals surface area contributed by atoms with Crippen LogP contribution in [0.1, 0.15) is 5.56 Å². The van der Waals surface area contributed by atoms with Crippen LogP contribution in [0.4, 0.5) is 5.69 Å². The molecule has 0 unspecified atom stereocenters. The van der Waals surface area contributed by atoms with Crippen molar-refractivity contribution in [1.29, 1.82) is 0 Å². The van der Waals surface area contributed by atoms with E-state index in [2.05, 4.69) is 10.6 Å². The summed E-state index contributed by atoms with van der Waals surface area (Å²) in [6, 6.07) is 12.7. The minimum absolute atomic E-state index is 0.298. The molecule has 0 aromatic heterocycles. The van der Waals surface area contributed by atoms with Crippen molar-refractivity contribution in [2.75, 3.05) is 26.1 Å². The Bertz CT molecular complexity index is 750. The molecule has 2 aromatic carbocycles. The standard InChI is InChI=1S/C18H19ClN2O4/c1-24-15-11-14(16(25-2)10-13(15)19)21-18(23)17(22)20-9-8-12-6-4-3-5-7-12/h3-7,10-11H,8-9H2,1-2H3,(H,20,22)(H,21,23). The fraction of sp³-hybridized carbons (Fsp3) is 0.222. The van der Waals surface area contributed by atoms with E-state index in [0.717, 1.165) is 5.56 Å². The van der Waals surface area contributed by atoms with E-state index in [1.54, 1.807) is 0 Å². The fourth-order valence-corrected chi connectivity index (χ4v) is 2.41. The van der Waals surface area contributed by atoms with Gasteiger partial charge in [-0.1, -0.05) is 41.9 Å². The lowest BCUT2D eigenvalue weighted by Crippen LogP contribution is -2.36. The first-order chi connectivity index (χ1) is 12.0. The van der Waals surface area contributed by atoms with Crippen molar-refractivity contribution in [2.45, 2.75) is 6.42 Å². The van der Waals surface area contributed by atoms with E-state index in [1.807, 2.05) is 30.3 Å². The van der Waals surface area contributed by atoms with E-state index < -0.39 is 11.8 Å². The Morgan fingerprint density at radius 1 is 1.00 bits per heavy atom. The Labute approximate surface area is 151 Å². The molecule has 0 radical (unpaired) electrons. The first-order valence-electron chi connectivity index (χ1n) is 7.59. The molecule has 0 bridgehead atoms. The lowest BCUT2D eigenvalue weighted by molar-refractivity contribution is -0.136. The third-order valence-electron chi connectivity index (χ3n) is 3.47. The maximum absolute atomic E-state index is 12.1. The van der Waals surface area contributed by atoms with Gasteiger partial charge in [-0.2, -0.15) is 0 Å². The number of methoxy groups -OCH3 is 2. The summed E-state index contributed by atoms with van der Waals surface area (Å²) in [6.45, 7) is 0.358. The highest BCUT2D eigenvalue weighted by atomic mass is 35.5. The summed E-state index contributed by atoms with van der Waals surface area (Å²) >= 11 is 6.01. The highest BCUT2D eigenvalue weighted by Crippen LogP contribution is 2.35. The van der Waals surface area contributed by atoms with Gasteiger partial charge >= 0.3 is 11.8 Å². The largest absolute Gasteiger partial charge is 0.495 e. The zero-order valence-electron chi connectivity index (χ0n) is 14.0. The summed E-state index contributed by atoms with van der Waals surface area (Å²) in [5, 5.41) is 5.41. The number of amides is 2. The lowest BCUT2D eigenvalue weighted by Gasteiger charge is -2.13. The topological polar surface area (TPSA) is 76.7 Å². The molecule has 0 saturated carbocycles. The number of hydrogen-bond acceptors (Lipinski definition) is 4. The Morgan fingerprint density at radius 2 is 1.68 bits per heavy atom. The average Bonchev–Trinajstić information content (AvgIpc) is 2.63. The minimum atomic E-state index is -0.796. The van der Waals surface area contributed by atoms with Crippen LogP contribution in [0, 0.1) is 0 Å². The van der Waals surface area contributed by atoms with Crippen LogP contribution in [0.3, 0.4) is 0 Å². The third-order valence-corrected chi connectivity index (χ3v) is 3.77. The van der Waals surface area contributed by atoms with Crippen molar-refractivity contribution in [3.63, 3.8) is 0 Å². The van der Waals surface area contributed by atoms with Crippen LogP contribution in [-0.4, -0.2) is 32.6 Å². The first-order valence-corrected chi connectivity index (χ1v) is 7.97. The monoisotopic (exact) mass is 362 g/mol. The molecule has 0 saturated heterocycles. The molecule has 7 heteroatoms. The number of benzene rings is 2. The van der Waals surface area contributed by atoms with Gasteiger partial charge in [-0.3, -0.25) is 9.59 Å². The highest BCUT2D eigenvalue weighted by Gasteiger charge is 2.17. The number of halogens is 1. The summed E-state index contributed by atoms with van der Waals surface area (Å²) in [4.78, 5) is 24.0. The smallest absolute Gasteiger partial charge is 0.313 e. The predicted molar refractivity (Wildman–Crippen MR) is 96.3 cm³/mol. The highest BCUT2D eigenvalue weighted by molar-refractivity contribution is 6.40. The van der Waals surface area contributed by atoms with Crippen molar-refractivity contribution in [1.82, 2.24) is 5.32 Å². The van der Waals surface area contributed by atoms with Gasteiger partial charge in [0.05, 0.1) is 24.9 Å². The van der Waals surface area contributed by atoms with Crippen molar-refractivity contribution in [2.24, 2.45) is 0 Å². The Kier molecular flexibility index (Phi) is 6.65. The van der Waals surface area contributed by atoms with Crippen LogP contribution >= 0.6 is 11.6 Å². The summed E-state index contributed by atoms with van der Waals surface area (Å²) < 4.78 is 10.3.